The van der Waals surface area contributed by atoms with Gasteiger partial charge in [-0.15, -0.1) is 11.8 Å². The Hall–Kier alpha value is -1.56. The molecule has 1 aliphatic heterocycles. The zero-order valence-electron chi connectivity index (χ0n) is 14.8. The largest absolute Gasteiger partial charge is 0.350 e. The van der Waals surface area contributed by atoms with Crippen molar-refractivity contribution in [2.24, 2.45) is 5.92 Å². The number of hydrogen-bond donors (Lipinski definition) is 1. The van der Waals surface area contributed by atoms with Gasteiger partial charge in [0.25, 0.3) is 0 Å². The zero-order chi connectivity index (χ0) is 17.6. The number of rotatable bonds is 5. The van der Waals surface area contributed by atoms with Gasteiger partial charge >= 0.3 is 0 Å². The monoisotopic (exact) mass is 361 g/mol. The molecule has 1 aromatic rings. The molecule has 0 spiro atoms. The maximum atomic E-state index is 12.7. The molecule has 2 aliphatic rings. The van der Waals surface area contributed by atoms with Crippen molar-refractivity contribution in [1.82, 2.24) is 15.2 Å². The van der Waals surface area contributed by atoms with Gasteiger partial charge in [-0.3, -0.25) is 14.6 Å². The first-order valence-electron chi connectivity index (χ1n) is 9.30. The Morgan fingerprint density at radius 3 is 2.64 bits per heavy atom. The standard InChI is InChI=1S/C19H27N3O2S/c1-2-17(23)22-16(13-25-19(22)15-6-4-3-5-7-15)18(24)21-12-14-8-10-20-11-9-14/h8-11,15-16,19H,2-7,12-13H2,1H3,(H,21,24). The summed E-state index contributed by atoms with van der Waals surface area (Å²) in [5.41, 5.74) is 1.02. The molecular formula is C19H27N3O2S. The molecule has 2 unspecified atom stereocenters. The number of nitrogens with one attached hydrogen (secondary N) is 1. The Morgan fingerprint density at radius 1 is 1.24 bits per heavy atom. The molecule has 5 nitrogen and oxygen atoms in total. The summed E-state index contributed by atoms with van der Waals surface area (Å²) in [5.74, 6) is 1.30. The lowest BCUT2D eigenvalue weighted by Crippen LogP contribution is -2.51. The maximum Gasteiger partial charge on any atom is 0.243 e. The molecule has 2 heterocycles. The average molecular weight is 362 g/mol. The van der Waals surface area contributed by atoms with E-state index in [1.165, 1.54) is 32.1 Å². The van der Waals surface area contributed by atoms with E-state index in [9.17, 15) is 9.59 Å². The van der Waals surface area contributed by atoms with Crippen LogP contribution in [-0.4, -0.2) is 38.9 Å². The second-order valence-electron chi connectivity index (χ2n) is 6.87. The van der Waals surface area contributed by atoms with Crippen LogP contribution in [0.4, 0.5) is 0 Å². The fourth-order valence-corrected chi connectivity index (χ4v) is 5.48. The van der Waals surface area contributed by atoms with Gasteiger partial charge < -0.3 is 10.2 Å². The first-order chi connectivity index (χ1) is 12.2. The lowest BCUT2D eigenvalue weighted by molar-refractivity contribution is -0.140. The van der Waals surface area contributed by atoms with E-state index in [0.717, 1.165) is 5.56 Å². The van der Waals surface area contributed by atoms with E-state index in [1.807, 2.05) is 24.0 Å². The van der Waals surface area contributed by atoms with E-state index in [-0.39, 0.29) is 23.2 Å². The number of carbonyl (C=O) groups is 2. The molecule has 0 aromatic carbocycles. The molecule has 2 atom stereocenters. The van der Waals surface area contributed by atoms with E-state index in [0.29, 0.717) is 24.6 Å². The van der Waals surface area contributed by atoms with Gasteiger partial charge in [0.2, 0.25) is 11.8 Å². The topological polar surface area (TPSA) is 62.3 Å². The van der Waals surface area contributed by atoms with Crippen LogP contribution in [0.15, 0.2) is 24.5 Å². The van der Waals surface area contributed by atoms with E-state index in [1.54, 1.807) is 24.2 Å². The summed E-state index contributed by atoms with van der Waals surface area (Å²) in [4.78, 5) is 31.2. The van der Waals surface area contributed by atoms with Gasteiger partial charge in [-0.1, -0.05) is 26.2 Å². The fourth-order valence-electron chi connectivity index (χ4n) is 3.82. The molecule has 3 rings (SSSR count). The van der Waals surface area contributed by atoms with Crippen LogP contribution in [0.25, 0.3) is 0 Å². The van der Waals surface area contributed by atoms with Crippen LogP contribution in [0.2, 0.25) is 0 Å². The Bertz CT molecular complexity index is 590. The summed E-state index contributed by atoms with van der Waals surface area (Å²) in [7, 11) is 0. The van der Waals surface area contributed by atoms with Crippen molar-refractivity contribution in [3.05, 3.63) is 30.1 Å². The molecule has 2 amide bonds. The van der Waals surface area contributed by atoms with Crippen LogP contribution >= 0.6 is 11.8 Å². The molecular weight excluding hydrogens is 334 g/mol. The van der Waals surface area contributed by atoms with Crippen molar-refractivity contribution < 1.29 is 9.59 Å². The number of nitrogens with zero attached hydrogens (tertiary/aromatic N) is 2. The van der Waals surface area contributed by atoms with Crippen LogP contribution in [-0.2, 0) is 16.1 Å². The van der Waals surface area contributed by atoms with Crippen molar-refractivity contribution in [3.63, 3.8) is 0 Å². The van der Waals surface area contributed by atoms with Crippen molar-refractivity contribution in [2.45, 2.75) is 63.4 Å². The first-order valence-corrected chi connectivity index (χ1v) is 10.3. The number of hydrogen-bond acceptors (Lipinski definition) is 4. The Kier molecular flexibility index (Phi) is 6.34. The molecule has 1 saturated carbocycles. The summed E-state index contributed by atoms with van der Waals surface area (Å²) in [6.45, 7) is 2.36. The Labute approximate surface area is 154 Å². The lowest BCUT2D eigenvalue weighted by Gasteiger charge is -2.35. The normalized spacial score (nSPS) is 24.3. The molecule has 25 heavy (non-hydrogen) atoms. The quantitative estimate of drug-likeness (QED) is 0.876. The molecule has 0 bridgehead atoms. The van der Waals surface area contributed by atoms with Crippen molar-refractivity contribution >= 4 is 23.6 Å². The zero-order valence-corrected chi connectivity index (χ0v) is 15.6. The minimum atomic E-state index is -0.341. The van der Waals surface area contributed by atoms with Crippen LogP contribution in [0.1, 0.15) is 51.0 Å². The highest BCUT2D eigenvalue weighted by Crippen LogP contribution is 2.40. The minimum Gasteiger partial charge on any atom is -0.350 e. The molecule has 1 N–H and O–H groups in total. The Balaban J connectivity index is 1.66. The smallest absolute Gasteiger partial charge is 0.243 e. The van der Waals surface area contributed by atoms with Crippen molar-refractivity contribution in [2.75, 3.05) is 5.75 Å². The molecule has 1 saturated heterocycles. The molecule has 1 aromatic heterocycles. The van der Waals surface area contributed by atoms with Gasteiger partial charge in [-0.05, 0) is 36.5 Å². The number of pyridine rings is 1. The van der Waals surface area contributed by atoms with Crippen LogP contribution in [0.3, 0.4) is 0 Å². The highest BCUT2D eigenvalue weighted by Gasteiger charge is 2.44. The van der Waals surface area contributed by atoms with E-state index in [4.69, 9.17) is 0 Å². The predicted molar refractivity (Wildman–Crippen MR) is 99.8 cm³/mol. The third-order valence-corrected chi connectivity index (χ3v) is 6.66. The van der Waals surface area contributed by atoms with Gasteiger partial charge in [0.15, 0.2) is 0 Å². The molecule has 0 radical (unpaired) electrons. The second-order valence-corrected chi connectivity index (χ2v) is 8.02. The fraction of sp³-hybridized carbons (Fsp3) is 0.632. The average Bonchev–Trinajstić information content (AvgIpc) is 3.12. The third-order valence-electron chi connectivity index (χ3n) is 5.20. The second kappa shape index (κ2) is 8.70. The molecule has 1 aliphatic carbocycles. The van der Waals surface area contributed by atoms with Crippen LogP contribution in [0.5, 0.6) is 0 Å². The van der Waals surface area contributed by atoms with Gasteiger partial charge in [-0.25, -0.2) is 0 Å². The maximum absolute atomic E-state index is 12.7. The van der Waals surface area contributed by atoms with E-state index in [2.05, 4.69) is 10.3 Å². The van der Waals surface area contributed by atoms with E-state index >= 15 is 0 Å². The number of aromatic nitrogens is 1. The van der Waals surface area contributed by atoms with E-state index < -0.39 is 0 Å². The number of thioether (sulfide) groups is 1. The first kappa shape index (κ1) is 18.2. The molecule has 2 fully saturated rings. The summed E-state index contributed by atoms with van der Waals surface area (Å²) < 4.78 is 0. The molecule has 6 heteroatoms. The highest BCUT2D eigenvalue weighted by molar-refractivity contribution is 8.00. The predicted octanol–water partition coefficient (Wildman–Crippen LogP) is 2.96. The van der Waals surface area contributed by atoms with Gasteiger partial charge in [0, 0.05) is 31.1 Å². The van der Waals surface area contributed by atoms with Crippen LogP contribution < -0.4 is 5.32 Å². The summed E-state index contributed by atoms with van der Waals surface area (Å²) in [5, 5.41) is 3.17. The van der Waals surface area contributed by atoms with Gasteiger partial charge in [0.1, 0.15) is 6.04 Å². The van der Waals surface area contributed by atoms with Gasteiger partial charge in [0.05, 0.1) is 5.37 Å². The molecule has 136 valence electrons. The number of carbonyl (C=O) groups excluding carboxylic acids is 2. The SMILES string of the molecule is CCC(=O)N1C(C(=O)NCc2ccncc2)CSC1C1CCCCC1. The third kappa shape index (κ3) is 4.35. The van der Waals surface area contributed by atoms with Gasteiger partial charge in [-0.2, -0.15) is 0 Å². The van der Waals surface area contributed by atoms with Crippen molar-refractivity contribution in [3.8, 4) is 0 Å². The minimum absolute atomic E-state index is 0.0376. The van der Waals surface area contributed by atoms with Crippen molar-refractivity contribution in [1.29, 1.82) is 0 Å². The highest BCUT2D eigenvalue weighted by atomic mass is 32.2. The van der Waals surface area contributed by atoms with Crippen LogP contribution in [0, 0.1) is 5.92 Å². The summed E-state index contributed by atoms with van der Waals surface area (Å²) in [6.07, 6.45) is 10.0. The summed E-state index contributed by atoms with van der Waals surface area (Å²) in [6, 6.07) is 3.44. The lowest BCUT2D eigenvalue weighted by atomic mass is 9.88. The Morgan fingerprint density at radius 2 is 1.96 bits per heavy atom. The number of amides is 2. The summed E-state index contributed by atoms with van der Waals surface area (Å²) >= 11 is 1.79.